The third-order valence-electron chi connectivity index (χ3n) is 3.22. The Balaban J connectivity index is 1.86. The van der Waals surface area contributed by atoms with Gasteiger partial charge in [0.2, 0.25) is 6.04 Å². The minimum Gasteiger partial charge on any atom is -0.312 e. The first-order valence-electron chi connectivity index (χ1n) is 5.01. The molecule has 0 bridgehead atoms. The topological polar surface area (TPSA) is 7.60 Å². The Bertz CT molecular complexity index is 189. The normalized spacial score (nSPS) is 32.4. The maximum atomic E-state index is 6.96. The van der Waals surface area contributed by atoms with Crippen molar-refractivity contribution in [2.75, 3.05) is 13.1 Å². The fraction of sp³-hybridized carbons (Fsp3) is 0.900. The van der Waals surface area contributed by atoms with Crippen molar-refractivity contribution in [1.29, 1.82) is 0 Å². The van der Waals surface area contributed by atoms with Crippen molar-refractivity contribution in [2.24, 2.45) is 0 Å². The molecule has 2 heteroatoms. The van der Waals surface area contributed by atoms with Crippen molar-refractivity contribution in [3.05, 3.63) is 11.4 Å². The third-order valence-corrected chi connectivity index (χ3v) is 3.22. The summed E-state index contributed by atoms with van der Waals surface area (Å²) in [6.07, 6.45) is 6.68. The van der Waals surface area contributed by atoms with E-state index in [9.17, 15) is 0 Å². The van der Waals surface area contributed by atoms with Crippen LogP contribution in [0.1, 0.15) is 32.1 Å². The van der Waals surface area contributed by atoms with Gasteiger partial charge in [0.05, 0.1) is 6.54 Å². The first-order valence-corrected chi connectivity index (χ1v) is 5.01. The molecular weight excluding hydrogens is 148 g/mol. The first kappa shape index (κ1) is 8.07. The molecule has 2 nitrogen and oxygen atoms in total. The lowest BCUT2D eigenvalue weighted by Crippen LogP contribution is -2.31. The highest BCUT2D eigenvalue weighted by Crippen LogP contribution is 2.27. The predicted octanol–water partition coefficient (Wildman–Crippen LogP) is 1.92. The second-order valence-corrected chi connectivity index (χ2v) is 4.00. The Labute approximate surface area is 74.4 Å². The Kier molecular flexibility index (Phi) is 2.32. The monoisotopic (exact) mass is 164 g/mol. The average Bonchev–Trinajstić information content (AvgIpc) is 2.75. The van der Waals surface area contributed by atoms with Crippen LogP contribution in [0.5, 0.6) is 0 Å². The molecular formula is C10H16N2. The molecule has 0 amide bonds. The molecule has 0 radical (unpaired) electrons. The van der Waals surface area contributed by atoms with E-state index in [4.69, 9.17) is 6.57 Å². The van der Waals surface area contributed by atoms with Crippen LogP contribution in [0.15, 0.2) is 0 Å². The Morgan fingerprint density at radius 3 is 2.50 bits per heavy atom. The van der Waals surface area contributed by atoms with Gasteiger partial charge < -0.3 is 4.85 Å². The second kappa shape index (κ2) is 3.45. The van der Waals surface area contributed by atoms with Gasteiger partial charge in [-0.2, -0.15) is 0 Å². The summed E-state index contributed by atoms with van der Waals surface area (Å²) in [5.74, 6) is 0. The highest BCUT2D eigenvalue weighted by Gasteiger charge is 2.32. The molecule has 12 heavy (non-hydrogen) atoms. The summed E-state index contributed by atoms with van der Waals surface area (Å²) in [5.41, 5.74) is 0. The smallest absolute Gasteiger partial charge is 0.237 e. The van der Waals surface area contributed by atoms with Gasteiger partial charge in [0, 0.05) is 19.0 Å². The van der Waals surface area contributed by atoms with Crippen molar-refractivity contribution in [3.8, 4) is 0 Å². The maximum Gasteiger partial charge on any atom is 0.237 e. The fourth-order valence-electron chi connectivity index (χ4n) is 2.47. The van der Waals surface area contributed by atoms with E-state index in [0.717, 1.165) is 19.0 Å². The SMILES string of the molecule is [C-]#[N+]C1CCN(C2CCCC2)C1. The van der Waals surface area contributed by atoms with E-state index in [1.165, 1.54) is 32.2 Å². The van der Waals surface area contributed by atoms with Crippen molar-refractivity contribution in [1.82, 2.24) is 4.90 Å². The molecule has 1 aliphatic heterocycles. The Morgan fingerprint density at radius 1 is 1.17 bits per heavy atom. The summed E-state index contributed by atoms with van der Waals surface area (Å²) in [7, 11) is 0. The van der Waals surface area contributed by atoms with E-state index >= 15 is 0 Å². The van der Waals surface area contributed by atoms with Crippen LogP contribution in [0.25, 0.3) is 4.85 Å². The van der Waals surface area contributed by atoms with Crippen molar-refractivity contribution in [3.63, 3.8) is 0 Å². The van der Waals surface area contributed by atoms with Gasteiger partial charge in [0.1, 0.15) is 0 Å². The van der Waals surface area contributed by atoms with E-state index in [-0.39, 0.29) is 0 Å². The molecule has 0 aromatic rings. The van der Waals surface area contributed by atoms with Crippen molar-refractivity contribution in [2.45, 2.75) is 44.2 Å². The molecule has 0 N–H and O–H groups in total. The Morgan fingerprint density at radius 2 is 1.92 bits per heavy atom. The number of nitrogens with zero attached hydrogens (tertiary/aromatic N) is 2. The van der Waals surface area contributed by atoms with E-state index in [1.807, 2.05) is 0 Å². The Hall–Kier alpha value is -0.550. The van der Waals surface area contributed by atoms with Crippen LogP contribution in [0.3, 0.4) is 0 Å². The lowest BCUT2D eigenvalue weighted by molar-refractivity contribution is 0.245. The fourth-order valence-corrected chi connectivity index (χ4v) is 2.47. The number of rotatable bonds is 1. The zero-order chi connectivity index (χ0) is 8.39. The third kappa shape index (κ3) is 1.47. The van der Waals surface area contributed by atoms with Crippen LogP contribution < -0.4 is 0 Å². The van der Waals surface area contributed by atoms with E-state index in [0.29, 0.717) is 6.04 Å². The number of hydrogen-bond donors (Lipinski definition) is 0. The minimum absolute atomic E-state index is 0.311. The quantitative estimate of drug-likeness (QED) is 0.537. The summed E-state index contributed by atoms with van der Waals surface area (Å²) in [6, 6.07) is 1.14. The van der Waals surface area contributed by atoms with Gasteiger partial charge >= 0.3 is 0 Å². The van der Waals surface area contributed by atoms with E-state index < -0.39 is 0 Å². The lowest BCUT2D eigenvalue weighted by atomic mass is 10.2. The predicted molar refractivity (Wildman–Crippen MR) is 48.8 cm³/mol. The second-order valence-electron chi connectivity index (χ2n) is 4.00. The van der Waals surface area contributed by atoms with Gasteiger partial charge in [-0.1, -0.05) is 12.8 Å². The summed E-state index contributed by atoms with van der Waals surface area (Å²) < 4.78 is 0. The summed E-state index contributed by atoms with van der Waals surface area (Å²) >= 11 is 0. The van der Waals surface area contributed by atoms with Gasteiger partial charge in [-0.05, 0) is 12.8 Å². The van der Waals surface area contributed by atoms with Crippen molar-refractivity contribution < 1.29 is 0 Å². The molecule has 0 aromatic carbocycles. The minimum atomic E-state index is 0.311. The largest absolute Gasteiger partial charge is 0.312 e. The zero-order valence-corrected chi connectivity index (χ0v) is 7.50. The van der Waals surface area contributed by atoms with Gasteiger partial charge in [0.15, 0.2) is 0 Å². The average molecular weight is 164 g/mol. The molecule has 1 unspecified atom stereocenters. The lowest BCUT2D eigenvalue weighted by Gasteiger charge is -2.21. The van der Waals surface area contributed by atoms with Crippen molar-refractivity contribution >= 4 is 0 Å². The molecule has 1 aliphatic carbocycles. The van der Waals surface area contributed by atoms with Gasteiger partial charge in [-0.25, -0.2) is 6.57 Å². The van der Waals surface area contributed by atoms with Crippen LogP contribution >= 0.6 is 0 Å². The number of likely N-dealkylation sites (tertiary alicyclic amines) is 1. The number of hydrogen-bond acceptors (Lipinski definition) is 1. The van der Waals surface area contributed by atoms with Crippen LogP contribution in [-0.2, 0) is 0 Å². The standard InChI is InChI=1S/C10H16N2/c1-11-9-6-7-12(8-9)10-4-2-3-5-10/h9-10H,2-8H2. The van der Waals surface area contributed by atoms with Crippen LogP contribution in [0, 0.1) is 6.57 Å². The maximum absolute atomic E-state index is 6.96. The molecule has 1 atom stereocenters. The molecule has 2 aliphatic rings. The van der Waals surface area contributed by atoms with E-state index in [1.54, 1.807) is 0 Å². The van der Waals surface area contributed by atoms with Gasteiger partial charge in [0.25, 0.3) is 0 Å². The van der Waals surface area contributed by atoms with Crippen LogP contribution in [-0.4, -0.2) is 30.1 Å². The molecule has 0 aromatic heterocycles. The van der Waals surface area contributed by atoms with E-state index in [2.05, 4.69) is 9.74 Å². The molecule has 1 heterocycles. The summed E-state index contributed by atoms with van der Waals surface area (Å²) in [4.78, 5) is 6.15. The first-order chi connectivity index (χ1) is 5.90. The summed E-state index contributed by atoms with van der Waals surface area (Å²) in [6.45, 7) is 9.19. The molecule has 2 rings (SSSR count). The summed E-state index contributed by atoms with van der Waals surface area (Å²) in [5, 5.41) is 0. The molecule has 2 fully saturated rings. The molecule has 1 saturated carbocycles. The van der Waals surface area contributed by atoms with Crippen LogP contribution in [0.2, 0.25) is 0 Å². The van der Waals surface area contributed by atoms with Gasteiger partial charge in [-0.15, -0.1) is 0 Å². The van der Waals surface area contributed by atoms with Gasteiger partial charge in [-0.3, -0.25) is 4.90 Å². The molecule has 1 saturated heterocycles. The molecule has 0 spiro atoms. The highest BCUT2D eigenvalue weighted by molar-refractivity contribution is 4.92. The highest BCUT2D eigenvalue weighted by atomic mass is 15.2. The van der Waals surface area contributed by atoms with Crippen LogP contribution in [0.4, 0.5) is 0 Å². The zero-order valence-electron chi connectivity index (χ0n) is 7.50. The molecule has 66 valence electrons.